The quantitative estimate of drug-likeness (QED) is 0.534. The molecule has 2 N–H and O–H groups in total. The van der Waals surface area contributed by atoms with E-state index in [1.165, 1.54) is 5.00 Å². The van der Waals surface area contributed by atoms with Gasteiger partial charge in [0.25, 0.3) is 0 Å². The number of piperidine rings is 1. The monoisotopic (exact) mass is 428 g/mol. The van der Waals surface area contributed by atoms with Gasteiger partial charge in [-0.25, -0.2) is 9.97 Å². The summed E-state index contributed by atoms with van der Waals surface area (Å²) in [4.78, 5) is 20.4. The van der Waals surface area contributed by atoms with Crippen LogP contribution < -0.4 is 20.4 Å². The van der Waals surface area contributed by atoms with Crippen LogP contribution in [-0.2, 0) is 0 Å². The summed E-state index contributed by atoms with van der Waals surface area (Å²) in [6, 6.07) is 6.69. The largest absolute Gasteiger partial charge is 0.363 e. The molecular formula is C21H32N8S. The summed E-state index contributed by atoms with van der Waals surface area (Å²) < 4.78 is 0. The summed E-state index contributed by atoms with van der Waals surface area (Å²) in [5.74, 6) is 1.76. The molecule has 30 heavy (non-hydrogen) atoms. The fourth-order valence-corrected chi connectivity index (χ4v) is 4.83. The Kier molecular flexibility index (Phi) is 7.36. The molecule has 0 amide bonds. The van der Waals surface area contributed by atoms with Crippen LogP contribution in [0.4, 0.5) is 10.9 Å². The van der Waals surface area contributed by atoms with Crippen LogP contribution in [0, 0.1) is 0 Å². The van der Waals surface area contributed by atoms with Crippen molar-refractivity contribution in [2.75, 3.05) is 69.2 Å². The van der Waals surface area contributed by atoms with E-state index in [2.05, 4.69) is 57.8 Å². The van der Waals surface area contributed by atoms with E-state index >= 15 is 0 Å². The van der Waals surface area contributed by atoms with Crippen molar-refractivity contribution < 1.29 is 0 Å². The van der Waals surface area contributed by atoms with Crippen molar-refractivity contribution in [2.24, 2.45) is 4.99 Å². The molecule has 2 aromatic rings. The molecule has 8 nitrogen and oxygen atoms in total. The minimum atomic E-state index is 0.488. The first-order valence-electron chi connectivity index (χ1n) is 10.8. The van der Waals surface area contributed by atoms with Gasteiger partial charge in [-0.3, -0.25) is 9.89 Å². The molecular weight excluding hydrogens is 396 g/mol. The van der Waals surface area contributed by atoms with Gasteiger partial charge in [0.05, 0.1) is 5.00 Å². The summed E-state index contributed by atoms with van der Waals surface area (Å²) in [5, 5.41) is 10.6. The lowest BCUT2D eigenvalue weighted by molar-refractivity contribution is 0.260. The van der Waals surface area contributed by atoms with Crippen molar-refractivity contribution in [1.29, 1.82) is 0 Å². The van der Waals surface area contributed by atoms with Crippen molar-refractivity contribution in [3.63, 3.8) is 0 Å². The third-order valence-corrected chi connectivity index (χ3v) is 6.73. The first kappa shape index (κ1) is 20.9. The maximum atomic E-state index is 4.43. The molecule has 0 atom stereocenters. The summed E-state index contributed by atoms with van der Waals surface area (Å²) in [6.07, 6.45) is 5.90. The van der Waals surface area contributed by atoms with Crippen LogP contribution in [0.15, 0.2) is 41.0 Å². The number of thiophene rings is 1. The smallest absolute Gasteiger partial charge is 0.225 e. The zero-order valence-corrected chi connectivity index (χ0v) is 18.5. The van der Waals surface area contributed by atoms with E-state index in [1.807, 2.05) is 36.8 Å². The molecule has 0 aliphatic carbocycles. The molecule has 2 fully saturated rings. The number of guanidine groups is 1. The molecule has 0 radical (unpaired) electrons. The third-order valence-electron chi connectivity index (χ3n) is 5.80. The van der Waals surface area contributed by atoms with Crippen LogP contribution in [0.25, 0.3) is 0 Å². The fraction of sp³-hybridized carbons (Fsp3) is 0.571. The lowest BCUT2D eigenvalue weighted by atomic mass is 10.1. The Bertz CT molecular complexity index is 766. The minimum absolute atomic E-state index is 0.488. The van der Waals surface area contributed by atoms with E-state index in [1.54, 1.807) is 0 Å². The Labute approximate surface area is 183 Å². The van der Waals surface area contributed by atoms with Crippen LogP contribution in [-0.4, -0.2) is 86.3 Å². The summed E-state index contributed by atoms with van der Waals surface area (Å²) >= 11 is 1.83. The molecule has 0 unspecified atom stereocenters. The molecule has 0 spiro atoms. The highest BCUT2D eigenvalue weighted by Gasteiger charge is 2.21. The lowest BCUT2D eigenvalue weighted by Crippen LogP contribution is -2.51. The Hall–Kier alpha value is -2.39. The molecule has 9 heteroatoms. The van der Waals surface area contributed by atoms with Gasteiger partial charge in [-0.05, 0) is 36.4 Å². The van der Waals surface area contributed by atoms with Crippen molar-refractivity contribution in [1.82, 2.24) is 25.5 Å². The molecule has 2 aromatic heterocycles. The number of aromatic nitrogens is 2. The van der Waals surface area contributed by atoms with Gasteiger partial charge in [-0.15, -0.1) is 11.3 Å². The van der Waals surface area contributed by atoms with Gasteiger partial charge in [0.2, 0.25) is 5.95 Å². The number of hydrogen-bond donors (Lipinski definition) is 2. The van der Waals surface area contributed by atoms with Gasteiger partial charge < -0.3 is 20.4 Å². The van der Waals surface area contributed by atoms with Crippen LogP contribution in [0.3, 0.4) is 0 Å². The number of anilines is 2. The van der Waals surface area contributed by atoms with Gasteiger partial charge >= 0.3 is 0 Å². The molecule has 0 bridgehead atoms. The summed E-state index contributed by atoms with van der Waals surface area (Å²) in [7, 11) is 1.86. The van der Waals surface area contributed by atoms with Crippen molar-refractivity contribution in [2.45, 2.75) is 18.9 Å². The average molecular weight is 429 g/mol. The van der Waals surface area contributed by atoms with Gasteiger partial charge in [0.15, 0.2) is 5.96 Å². The van der Waals surface area contributed by atoms with Gasteiger partial charge in [0, 0.05) is 77.8 Å². The predicted octanol–water partition coefficient (Wildman–Crippen LogP) is 1.49. The second-order valence-electron chi connectivity index (χ2n) is 7.73. The van der Waals surface area contributed by atoms with Crippen LogP contribution >= 0.6 is 11.3 Å². The van der Waals surface area contributed by atoms with Gasteiger partial charge in [0.1, 0.15) is 0 Å². The Morgan fingerprint density at radius 3 is 2.50 bits per heavy atom. The molecule has 0 aromatic carbocycles. The molecule has 2 saturated heterocycles. The molecule has 2 aliphatic heterocycles. The molecule has 0 saturated carbocycles. The highest BCUT2D eigenvalue weighted by atomic mass is 32.1. The Morgan fingerprint density at radius 1 is 1.07 bits per heavy atom. The lowest BCUT2D eigenvalue weighted by Gasteiger charge is -2.35. The first-order valence-corrected chi connectivity index (χ1v) is 11.7. The maximum Gasteiger partial charge on any atom is 0.225 e. The highest BCUT2D eigenvalue weighted by Crippen LogP contribution is 2.24. The number of rotatable bonds is 6. The second kappa shape index (κ2) is 10.6. The van der Waals surface area contributed by atoms with E-state index in [-0.39, 0.29) is 0 Å². The Balaban J connectivity index is 1.13. The van der Waals surface area contributed by atoms with Crippen molar-refractivity contribution in [3.05, 3.63) is 36.0 Å². The third kappa shape index (κ3) is 5.60. The summed E-state index contributed by atoms with van der Waals surface area (Å²) in [6.45, 7) is 8.13. The predicted molar refractivity (Wildman–Crippen MR) is 125 cm³/mol. The molecule has 162 valence electrons. The van der Waals surface area contributed by atoms with E-state index in [0.717, 1.165) is 77.1 Å². The Morgan fingerprint density at radius 2 is 1.83 bits per heavy atom. The number of hydrogen-bond acceptors (Lipinski definition) is 7. The fourth-order valence-electron chi connectivity index (χ4n) is 4.04. The second-order valence-corrected chi connectivity index (χ2v) is 8.66. The first-order chi connectivity index (χ1) is 14.8. The topological polar surface area (TPSA) is 71.9 Å². The van der Waals surface area contributed by atoms with E-state index < -0.39 is 0 Å². The van der Waals surface area contributed by atoms with Gasteiger partial charge in [-0.1, -0.05) is 0 Å². The normalized spacial score (nSPS) is 19.2. The van der Waals surface area contributed by atoms with Crippen LogP contribution in [0.1, 0.15) is 12.8 Å². The maximum absolute atomic E-state index is 4.43. The number of piperazine rings is 1. The standard InChI is InChI=1S/C21H32N8S/c1-22-20(26-18-5-10-28(11-6-18)19-4-2-17-30-19)23-9-12-27-13-15-29(16-14-27)21-24-7-3-8-25-21/h2-4,7-8,17-18H,5-6,9-16H2,1H3,(H2,22,23,26). The van der Waals surface area contributed by atoms with Gasteiger partial charge in [-0.2, -0.15) is 0 Å². The average Bonchev–Trinajstić information content (AvgIpc) is 3.35. The number of nitrogens with zero attached hydrogens (tertiary/aromatic N) is 6. The van der Waals surface area contributed by atoms with Crippen molar-refractivity contribution >= 4 is 28.2 Å². The molecule has 4 rings (SSSR count). The number of nitrogens with one attached hydrogen (secondary N) is 2. The van der Waals surface area contributed by atoms with Crippen molar-refractivity contribution in [3.8, 4) is 0 Å². The van der Waals surface area contributed by atoms with E-state index in [4.69, 9.17) is 0 Å². The van der Waals surface area contributed by atoms with E-state index in [0.29, 0.717) is 6.04 Å². The van der Waals surface area contributed by atoms with Crippen LogP contribution in [0.5, 0.6) is 0 Å². The number of aliphatic imine (C=N–C) groups is 1. The SMILES string of the molecule is CN=C(NCCN1CCN(c2ncccn2)CC1)NC1CCN(c2cccs2)CC1. The molecule has 2 aliphatic rings. The van der Waals surface area contributed by atoms with E-state index in [9.17, 15) is 0 Å². The highest BCUT2D eigenvalue weighted by molar-refractivity contribution is 7.14. The van der Waals surface area contributed by atoms with Crippen LogP contribution in [0.2, 0.25) is 0 Å². The summed E-state index contributed by atoms with van der Waals surface area (Å²) in [5.41, 5.74) is 0. The zero-order chi connectivity index (χ0) is 20.6. The molecule has 4 heterocycles. The minimum Gasteiger partial charge on any atom is -0.363 e. The zero-order valence-electron chi connectivity index (χ0n) is 17.7.